The molecule has 0 aromatic carbocycles. The third-order valence-corrected chi connectivity index (χ3v) is 3.87. The van der Waals surface area contributed by atoms with E-state index in [0.29, 0.717) is 0 Å². The lowest BCUT2D eigenvalue weighted by Crippen LogP contribution is -2.20. The van der Waals surface area contributed by atoms with Crippen LogP contribution in [0.3, 0.4) is 0 Å². The minimum absolute atomic E-state index is 0.768. The fourth-order valence-electron chi connectivity index (χ4n) is 2.41. The zero-order chi connectivity index (χ0) is 14.2. The molecule has 20 heavy (non-hydrogen) atoms. The van der Waals surface area contributed by atoms with Crippen molar-refractivity contribution in [3.63, 3.8) is 0 Å². The van der Waals surface area contributed by atoms with Crippen LogP contribution in [0.15, 0.2) is 6.07 Å². The quantitative estimate of drug-likeness (QED) is 0.724. The Morgan fingerprint density at radius 2 is 2.30 bits per heavy atom. The van der Waals surface area contributed by atoms with Gasteiger partial charge in [-0.1, -0.05) is 11.6 Å². The van der Waals surface area contributed by atoms with Gasteiger partial charge in [-0.2, -0.15) is 0 Å². The lowest BCUT2D eigenvalue weighted by Gasteiger charge is -2.18. The summed E-state index contributed by atoms with van der Waals surface area (Å²) >= 11 is 6.32. The lowest BCUT2D eigenvalue weighted by molar-refractivity contribution is 0.199. The number of nitrogens with one attached hydrogen (secondary N) is 2. The number of aromatic nitrogens is 1. The predicted octanol–water partition coefficient (Wildman–Crippen LogP) is 2.65. The first kappa shape index (κ1) is 15.5. The van der Waals surface area contributed by atoms with Gasteiger partial charge in [-0.3, -0.25) is 0 Å². The largest absolute Gasteiger partial charge is 0.383 e. The molecule has 0 saturated heterocycles. The van der Waals surface area contributed by atoms with E-state index in [2.05, 4.69) is 21.7 Å². The minimum Gasteiger partial charge on any atom is -0.383 e. The highest BCUT2D eigenvalue weighted by Crippen LogP contribution is 2.26. The van der Waals surface area contributed by atoms with Gasteiger partial charge in [0.1, 0.15) is 5.82 Å². The average molecular weight is 298 g/mol. The number of fused-ring (bicyclic) bond motifs is 1. The van der Waals surface area contributed by atoms with E-state index in [-0.39, 0.29) is 0 Å². The second-order valence-corrected chi connectivity index (χ2v) is 5.56. The summed E-state index contributed by atoms with van der Waals surface area (Å²) in [7, 11) is 1.72. The van der Waals surface area contributed by atoms with Crippen LogP contribution in [0.5, 0.6) is 0 Å². The first-order valence-corrected chi connectivity index (χ1v) is 7.81. The van der Waals surface area contributed by atoms with Crippen molar-refractivity contribution in [3.05, 3.63) is 22.3 Å². The summed E-state index contributed by atoms with van der Waals surface area (Å²) in [6, 6.07) is 2.09. The second kappa shape index (κ2) is 8.45. The number of ether oxygens (including phenoxy) is 1. The van der Waals surface area contributed by atoms with Crippen LogP contribution >= 0.6 is 11.6 Å². The van der Waals surface area contributed by atoms with Crippen LogP contribution in [0, 0.1) is 0 Å². The first-order valence-electron chi connectivity index (χ1n) is 7.43. The van der Waals surface area contributed by atoms with E-state index in [1.165, 1.54) is 5.56 Å². The van der Waals surface area contributed by atoms with E-state index in [0.717, 1.165) is 74.9 Å². The third-order valence-electron chi connectivity index (χ3n) is 3.54. The van der Waals surface area contributed by atoms with E-state index in [9.17, 15) is 0 Å². The zero-order valence-corrected chi connectivity index (χ0v) is 12.9. The Morgan fingerprint density at radius 3 is 3.15 bits per heavy atom. The number of methoxy groups -OCH3 is 1. The van der Waals surface area contributed by atoms with Gasteiger partial charge in [0.2, 0.25) is 0 Å². The molecule has 1 aliphatic heterocycles. The molecule has 2 N–H and O–H groups in total. The third kappa shape index (κ3) is 4.62. The lowest BCUT2D eigenvalue weighted by atomic mass is 10.1. The Labute approximate surface area is 126 Å². The Hall–Kier alpha value is -0.840. The molecule has 2 rings (SSSR count). The minimum atomic E-state index is 0.768. The van der Waals surface area contributed by atoms with Crippen molar-refractivity contribution < 1.29 is 4.74 Å². The molecule has 0 unspecified atom stereocenters. The first-order chi connectivity index (χ1) is 9.81. The Balaban J connectivity index is 1.75. The van der Waals surface area contributed by atoms with Gasteiger partial charge in [-0.05, 0) is 50.3 Å². The standard InChI is InChI=1S/C15H24ClN3O/c1-20-10-9-17-7-3-2-6-14-13(16)11-12-5-4-8-18-15(12)19-14/h11,17H,2-10H2,1H3,(H,18,19). The number of hydrogen-bond acceptors (Lipinski definition) is 4. The summed E-state index contributed by atoms with van der Waals surface area (Å²) in [5.74, 6) is 1.04. The molecule has 4 nitrogen and oxygen atoms in total. The fraction of sp³-hybridized carbons (Fsp3) is 0.667. The molecule has 112 valence electrons. The van der Waals surface area contributed by atoms with Crippen molar-refractivity contribution in [1.29, 1.82) is 0 Å². The van der Waals surface area contributed by atoms with Gasteiger partial charge in [0.25, 0.3) is 0 Å². The van der Waals surface area contributed by atoms with E-state index >= 15 is 0 Å². The normalized spacial score (nSPS) is 13.9. The Kier molecular flexibility index (Phi) is 6.57. The van der Waals surface area contributed by atoms with Crippen molar-refractivity contribution >= 4 is 17.4 Å². The van der Waals surface area contributed by atoms with Crippen LogP contribution in [-0.4, -0.2) is 38.3 Å². The smallest absolute Gasteiger partial charge is 0.129 e. The average Bonchev–Trinajstić information content (AvgIpc) is 2.46. The van der Waals surface area contributed by atoms with Gasteiger partial charge in [0, 0.05) is 20.2 Å². The van der Waals surface area contributed by atoms with Gasteiger partial charge < -0.3 is 15.4 Å². The van der Waals surface area contributed by atoms with Crippen LogP contribution in [0.2, 0.25) is 5.02 Å². The van der Waals surface area contributed by atoms with E-state index in [4.69, 9.17) is 16.3 Å². The van der Waals surface area contributed by atoms with Crippen molar-refractivity contribution in [2.45, 2.75) is 32.1 Å². The highest BCUT2D eigenvalue weighted by Gasteiger charge is 2.13. The highest BCUT2D eigenvalue weighted by molar-refractivity contribution is 6.31. The monoisotopic (exact) mass is 297 g/mol. The van der Waals surface area contributed by atoms with Gasteiger partial charge in [-0.25, -0.2) is 4.98 Å². The second-order valence-electron chi connectivity index (χ2n) is 5.15. The predicted molar refractivity (Wildman–Crippen MR) is 83.7 cm³/mol. The molecule has 0 spiro atoms. The molecule has 1 aromatic heterocycles. The summed E-state index contributed by atoms with van der Waals surface area (Å²) in [4.78, 5) is 4.68. The molecule has 0 radical (unpaired) electrons. The maximum atomic E-state index is 6.32. The molecule has 2 heterocycles. The van der Waals surface area contributed by atoms with E-state index < -0.39 is 0 Å². The van der Waals surface area contributed by atoms with Crippen LogP contribution in [-0.2, 0) is 17.6 Å². The number of pyridine rings is 1. The van der Waals surface area contributed by atoms with Crippen LogP contribution in [0.1, 0.15) is 30.5 Å². The molecule has 0 fully saturated rings. The van der Waals surface area contributed by atoms with Gasteiger partial charge in [0.05, 0.1) is 17.3 Å². The fourth-order valence-corrected chi connectivity index (χ4v) is 2.68. The summed E-state index contributed by atoms with van der Waals surface area (Å²) in [6.07, 6.45) is 5.42. The van der Waals surface area contributed by atoms with Gasteiger partial charge in [-0.15, -0.1) is 0 Å². The Bertz CT molecular complexity index is 426. The molecule has 0 amide bonds. The van der Waals surface area contributed by atoms with Gasteiger partial charge in [0.15, 0.2) is 0 Å². The van der Waals surface area contributed by atoms with Crippen LogP contribution in [0.4, 0.5) is 5.82 Å². The summed E-state index contributed by atoms with van der Waals surface area (Å²) in [5, 5.41) is 7.52. The molecular formula is C15H24ClN3O. The molecule has 1 aliphatic rings. The summed E-state index contributed by atoms with van der Waals surface area (Å²) in [6.45, 7) is 3.72. The number of hydrogen-bond donors (Lipinski definition) is 2. The number of rotatable bonds is 8. The number of nitrogens with zero attached hydrogens (tertiary/aromatic N) is 1. The van der Waals surface area contributed by atoms with Gasteiger partial charge >= 0.3 is 0 Å². The van der Waals surface area contributed by atoms with Crippen LogP contribution < -0.4 is 10.6 Å². The van der Waals surface area contributed by atoms with Crippen LogP contribution in [0.25, 0.3) is 0 Å². The Morgan fingerprint density at radius 1 is 1.40 bits per heavy atom. The number of aryl methyl sites for hydroxylation is 2. The van der Waals surface area contributed by atoms with Crippen molar-refractivity contribution in [2.24, 2.45) is 0 Å². The molecule has 0 saturated carbocycles. The van der Waals surface area contributed by atoms with E-state index in [1.54, 1.807) is 7.11 Å². The molecule has 1 aromatic rings. The number of halogens is 1. The SMILES string of the molecule is COCCNCCCCc1nc2c(cc1Cl)CCCN2. The summed E-state index contributed by atoms with van der Waals surface area (Å²) in [5.41, 5.74) is 2.28. The highest BCUT2D eigenvalue weighted by atomic mass is 35.5. The summed E-state index contributed by atoms with van der Waals surface area (Å²) < 4.78 is 4.99. The van der Waals surface area contributed by atoms with Crippen molar-refractivity contribution in [3.8, 4) is 0 Å². The molecule has 0 aliphatic carbocycles. The van der Waals surface area contributed by atoms with E-state index in [1.807, 2.05) is 0 Å². The molecule has 0 bridgehead atoms. The molecule has 5 heteroatoms. The zero-order valence-electron chi connectivity index (χ0n) is 12.2. The number of anilines is 1. The van der Waals surface area contributed by atoms with Crippen molar-refractivity contribution in [2.75, 3.05) is 38.7 Å². The number of unbranched alkanes of at least 4 members (excludes halogenated alkanes) is 1. The maximum absolute atomic E-state index is 6.32. The molecule has 0 atom stereocenters. The molecular weight excluding hydrogens is 274 g/mol. The maximum Gasteiger partial charge on any atom is 0.129 e. The van der Waals surface area contributed by atoms with Crippen molar-refractivity contribution in [1.82, 2.24) is 10.3 Å². The topological polar surface area (TPSA) is 46.2 Å².